The van der Waals surface area contributed by atoms with Gasteiger partial charge in [0.15, 0.2) is 0 Å². The van der Waals surface area contributed by atoms with Crippen molar-refractivity contribution in [3.8, 4) is 11.8 Å². The van der Waals surface area contributed by atoms with Gasteiger partial charge in [0.1, 0.15) is 23.0 Å². The van der Waals surface area contributed by atoms with Crippen LogP contribution >= 0.6 is 0 Å². The number of amides is 1. The van der Waals surface area contributed by atoms with Crippen LogP contribution in [0.3, 0.4) is 0 Å². The van der Waals surface area contributed by atoms with Crippen LogP contribution in [0.5, 0.6) is 5.75 Å². The predicted octanol–water partition coefficient (Wildman–Crippen LogP) is 7.23. The Hall–Kier alpha value is -4.03. The third kappa shape index (κ3) is 8.04. The molecule has 2 heterocycles. The molecule has 222 valence electrons. The maximum absolute atomic E-state index is 14.2. The molecule has 1 aliphatic heterocycles. The van der Waals surface area contributed by atoms with Crippen LogP contribution in [-0.2, 0) is 15.9 Å². The third-order valence-corrected chi connectivity index (χ3v) is 7.23. The number of fused-ring (bicyclic) bond motifs is 1. The standard InChI is InChI=1S/C33H37F2N3O4/c1-33(2,3)42-32(39)38(19-5-6-23-20-24(34)8-12-28(23)35)30-14-11-25(41-31(30)15-17-36)9-7-22-16-18-37-29-13-10-26(40-4)21-27(22)29/h5-6,8,10,12-13,16,18,20-21,25,30-31H,7,9,11,14-15,19H2,1-4H3/b6-5+/t25-,30+,31-/m0/s1. The Morgan fingerprint density at radius 1 is 1.19 bits per heavy atom. The molecule has 0 unspecified atom stereocenters. The van der Waals surface area contributed by atoms with Gasteiger partial charge in [-0.3, -0.25) is 9.88 Å². The molecule has 7 nitrogen and oxygen atoms in total. The number of hydrogen-bond donors (Lipinski definition) is 0. The van der Waals surface area contributed by atoms with Gasteiger partial charge in [-0.05, 0) is 94.5 Å². The minimum absolute atomic E-state index is 0.0777. The number of rotatable bonds is 9. The summed E-state index contributed by atoms with van der Waals surface area (Å²) >= 11 is 0. The van der Waals surface area contributed by atoms with E-state index in [2.05, 4.69) is 11.1 Å². The molecule has 0 bridgehead atoms. The summed E-state index contributed by atoms with van der Waals surface area (Å²) in [6, 6.07) is 12.8. The fourth-order valence-electron chi connectivity index (χ4n) is 5.24. The highest BCUT2D eigenvalue weighted by molar-refractivity contribution is 5.83. The van der Waals surface area contributed by atoms with Gasteiger partial charge in [0.05, 0.1) is 43.4 Å². The van der Waals surface area contributed by atoms with Crippen LogP contribution in [0, 0.1) is 23.0 Å². The number of aryl methyl sites for hydroxylation is 1. The Bertz CT molecular complexity index is 1460. The minimum Gasteiger partial charge on any atom is -0.497 e. The van der Waals surface area contributed by atoms with E-state index in [0.29, 0.717) is 12.8 Å². The lowest BCUT2D eigenvalue weighted by atomic mass is 9.92. The van der Waals surface area contributed by atoms with Gasteiger partial charge in [-0.25, -0.2) is 13.6 Å². The maximum Gasteiger partial charge on any atom is 0.410 e. The molecule has 2 aromatic carbocycles. The van der Waals surface area contributed by atoms with Crippen LogP contribution in [0.1, 0.15) is 57.6 Å². The second kappa shape index (κ2) is 13.8. The normalized spacial score (nSPS) is 19.0. The van der Waals surface area contributed by atoms with Crippen molar-refractivity contribution in [3.63, 3.8) is 0 Å². The number of aromatic nitrogens is 1. The van der Waals surface area contributed by atoms with Gasteiger partial charge in [0, 0.05) is 23.7 Å². The summed E-state index contributed by atoms with van der Waals surface area (Å²) in [5.74, 6) is -0.359. The van der Waals surface area contributed by atoms with Crippen LogP contribution in [-0.4, -0.2) is 53.5 Å². The number of carbonyl (C=O) groups excluding carboxylic acids is 1. The molecule has 42 heavy (non-hydrogen) atoms. The number of ether oxygens (including phenoxy) is 3. The van der Waals surface area contributed by atoms with E-state index < -0.39 is 35.5 Å². The molecule has 1 saturated heterocycles. The topological polar surface area (TPSA) is 84.7 Å². The molecule has 3 aromatic rings. The summed E-state index contributed by atoms with van der Waals surface area (Å²) in [6.07, 6.45) is 6.49. The van der Waals surface area contributed by atoms with Crippen LogP contribution < -0.4 is 4.74 Å². The lowest BCUT2D eigenvalue weighted by Crippen LogP contribution is -2.53. The van der Waals surface area contributed by atoms with E-state index >= 15 is 0 Å². The number of nitriles is 1. The van der Waals surface area contributed by atoms with Gasteiger partial charge in [-0.15, -0.1) is 0 Å². The number of benzene rings is 2. The Labute approximate surface area is 245 Å². The fraction of sp³-hybridized carbons (Fsp3) is 0.424. The molecule has 0 spiro atoms. The van der Waals surface area contributed by atoms with Crippen molar-refractivity contribution < 1.29 is 27.8 Å². The molecule has 1 amide bonds. The Kier molecular flexibility index (Phi) is 10.1. The van der Waals surface area contributed by atoms with Crippen molar-refractivity contribution in [2.45, 2.75) is 76.7 Å². The fourth-order valence-corrected chi connectivity index (χ4v) is 5.24. The number of pyridine rings is 1. The first-order valence-electron chi connectivity index (χ1n) is 14.1. The zero-order valence-corrected chi connectivity index (χ0v) is 24.5. The quantitative estimate of drug-likeness (QED) is 0.267. The summed E-state index contributed by atoms with van der Waals surface area (Å²) < 4.78 is 45.3. The van der Waals surface area contributed by atoms with E-state index in [4.69, 9.17) is 14.2 Å². The molecule has 0 aliphatic carbocycles. The molecule has 0 N–H and O–H groups in total. The zero-order valence-electron chi connectivity index (χ0n) is 24.5. The molecule has 3 atom stereocenters. The van der Waals surface area contributed by atoms with Gasteiger partial charge in [0.25, 0.3) is 0 Å². The predicted molar refractivity (Wildman–Crippen MR) is 157 cm³/mol. The molecule has 9 heteroatoms. The molecule has 4 rings (SSSR count). The maximum atomic E-state index is 14.2. The highest BCUT2D eigenvalue weighted by atomic mass is 19.1. The first-order valence-corrected chi connectivity index (χ1v) is 14.1. The first-order chi connectivity index (χ1) is 20.1. The van der Waals surface area contributed by atoms with Crippen LogP contribution in [0.4, 0.5) is 13.6 Å². The summed E-state index contributed by atoms with van der Waals surface area (Å²) in [7, 11) is 1.63. The van der Waals surface area contributed by atoms with Gasteiger partial charge in [-0.1, -0.05) is 12.2 Å². The largest absolute Gasteiger partial charge is 0.497 e. The molecular formula is C33H37F2N3O4. The third-order valence-electron chi connectivity index (χ3n) is 7.23. The first kappa shape index (κ1) is 30.9. The van der Waals surface area contributed by atoms with E-state index in [9.17, 15) is 18.8 Å². The van der Waals surface area contributed by atoms with E-state index in [1.54, 1.807) is 40.2 Å². The number of hydrogen-bond acceptors (Lipinski definition) is 6. The molecule has 1 aliphatic rings. The minimum atomic E-state index is -0.744. The molecule has 1 aromatic heterocycles. The van der Waals surface area contributed by atoms with Crippen LogP contribution in [0.2, 0.25) is 0 Å². The SMILES string of the molecule is COc1ccc2nccc(CC[C@H]3CC[C@@H](N(C/C=C/c4cc(F)ccc4F)C(=O)OC(C)(C)C)[C@H](CC#N)O3)c2c1. The molecule has 0 saturated carbocycles. The Morgan fingerprint density at radius 2 is 2.00 bits per heavy atom. The van der Waals surface area contributed by atoms with Crippen molar-refractivity contribution in [1.82, 2.24) is 9.88 Å². The van der Waals surface area contributed by atoms with Crippen molar-refractivity contribution >= 4 is 23.1 Å². The Morgan fingerprint density at radius 3 is 2.74 bits per heavy atom. The van der Waals surface area contributed by atoms with Gasteiger partial charge in [0.2, 0.25) is 0 Å². The van der Waals surface area contributed by atoms with E-state index in [1.165, 1.54) is 11.0 Å². The average Bonchev–Trinajstić information content (AvgIpc) is 2.95. The van der Waals surface area contributed by atoms with Gasteiger partial charge < -0.3 is 14.2 Å². The number of halogens is 2. The number of methoxy groups -OCH3 is 1. The van der Waals surface area contributed by atoms with Crippen molar-refractivity contribution in [3.05, 3.63) is 77.5 Å². The lowest BCUT2D eigenvalue weighted by Gasteiger charge is -2.42. The van der Waals surface area contributed by atoms with E-state index in [0.717, 1.165) is 53.3 Å². The van der Waals surface area contributed by atoms with Crippen molar-refractivity contribution in [2.75, 3.05) is 13.7 Å². The lowest BCUT2D eigenvalue weighted by molar-refractivity contribution is -0.0965. The summed E-state index contributed by atoms with van der Waals surface area (Å²) in [6.45, 7) is 5.41. The van der Waals surface area contributed by atoms with Crippen molar-refractivity contribution in [2.24, 2.45) is 0 Å². The summed E-state index contributed by atoms with van der Waals surface area (Å²) in [5, 5.41) is 10.6. The van der Waals surface area contributed by atoms with Crippen LogP contribution in [0.25, 0.3) is 17.0 Å². The Balaban J connectivity index is 1.50. The average molecular weight is 578 g/mol. The molecular weight excluding hydrogens is 540 g/mol. The molecule has 0 radical (unpaired) electrons. The van der Waals surface area contributed by atoms with E-state index in [-0.39, 0.29) is 24.6 Å². The smallest absolute Gasteiger partial charge is 0.410 e. The van der Waals surface area contributed by atoms with E-state index in [1.807, 2.05) is 24.3 Å². The number of carbonyl (C=O) groups is 1. The second-order valence-electron chi connectivity index (χ2n) is 11.4. The summed E-state index contributed by atoms with van der Waals surface area (Å²) in [4.78, 5) is 19.3. The van der Waals surface area contributed by atoms with Gasteiger partial charge in [-0.2, -0.15) is 5.26 Å². The van der Waals surface area contributed by atoms with Crippen LogP contribution in [0.15, 0.2) is 54.7 Å². The second-order valence-corrected chi connectivity index (χ2v) is 11.4. The number of nitrogens with zero attached hydrogens (tertiary/aromatic N) is 3. The zero-order chi connectivity index (χ0) is 30.3. The monoisotopic (exact) mass is 577 g/mol. The summed E-state index contributed by atoms with van der Waals surface area (Å²) in [5.41, 5.74) is 1.35. The van der Waals surface area contributed by atoms with Gasteiger partial charge >= 0.3 is 6.09 Å². The molecule has 1 fully saturated rings. The highest BCUT2D eigenvalue weighted by Crippen LogP contribution is 2.31. The van der Waals surface area contributed by atoms with Crippen molar-refractivity contribution in [1.29, 1.82) is 5.26 Å². The highest BCUT2D eigenvalue weighted by Gasteiger charge is 2.38.